The molecule has 3 aromatic carbocycles. The Morgan fingerprint density at radius 3 is 2.46 bits per heavy atom. The van der Waals surface area contributed by atoms with Crippen LogP contribution in [-0.2, 0) is 11.2 Å². The Bertz CT molecular complexity index is 1090. The second-order valence-corrected chi connectivity index (χ2v) is 6.83. The Labute approximate surface area is 163 Å². The van der Waals surface area contributed by atoms with Crippen molar-refractivity contribution in [1.29, 1.82) is 0 Å². The number of para-hydroxylation sites is 1. The SMILES string of the molecule is O=C(Cc1ccccc1F)NC[C@H](c1ccccc1)c1c[nH]c2ccccc12. The molecule has 1 atom stereocenters. The lowest BCUT2D eigenvalue weighted by Gasteiger charge is -2.18. The molecule has 28 heavy (non-hydrogen) atoms. The summed E-state index contributed by atoms with van der Waals surface area (Å²) in [6.07, 6.45) is 2.04. The van der Waals surface area contributed by atoms with Gasteiger partial charge in [0.1, 0.15) is 5.82 Å². The molecule has 2 N–H and O–H groups in total. The van der Waals surface area contributed by atoms with Gasteiger partial charge in [0.2, 0.25) is 5.91 Å². The number of rotatable bonds is 6. The molecule has 1 heterocycles. The predicted molar refractivity (Wildman–Crippen MR) is 110 cm³/mol. The number of H-pyrrole nitrogens is 1. The maximum Gasteiger partial charge on any atom is 0.224 e. The second kappa shape index (κ2) is 8.09. The summed E-state index contributed by atoms with van der Waals surface area (Å²) in [6, 6.07) is 24.6. The van der Waals surface area contributed by atoms with E-state index in [-0.39, 0.29) is 24.1 Å². The van der Waals surface area contributed by atoms with Crippen molar-refractivity contribution in [3.05, 3.63) is 108 Å². The molecule has 0 aliphatic carbocycles. The van der Waals surface area contributed by atoms with Gasteiger partial charge in [0, 0.05) is 29.6 Å². The number of nitrogens with one attached hydrogen (secondary N) is 2. The lowest BCUT2D eigenvalue weighted by atomic mass is 9.91. The molecule has 3 nitrogen and oxygen atoms in total. The van der Waals surface area contributed by atoms with E-state index < -0.39 is 0 Å². The third-order valence-electron chi connectivity index (χ3n) is 5.01. The molecular formula is C24H21FN2O. The van der Waals surface area contributed by atoms with Crippen molar-refractivity contribution in [3.8, 4) is 0 Å². The van der Waals surface area contributed by atoms with E-state index >= 15 is 0 Å². The Morgan fingerprint density at radius 1 is 0.929 bits per heavy atom. The molecule has 0 spiro atoms. The van der Waals surface area contributed by atoms with Gasteiger partial charge in [-0.1, -0.05) is 66.7 Å². The Hall–Kier alpha value is -3.40. The third kappa shape index (κ3) is 3.81. The van der Waals surface area contributed by atoms with E-state index in [9.17, 15) is 9.18 Å². The normalized spacial score (nSPS) is 12.0. The number of hydrogen-bond donors (Lipinski definition) is 2. The Balaban J connectivity index is 1.57. The van der Waals surface area contributed by atoms with Gasteiger partial charge < -0.3 is 10.3 Å². The van der Waals surface area contributed by atoms with E-state index in [1.54, 1.807) is 18.2 Å². The summed E-state index contributed by atoms with van der Waals surface area (Å²) in [5.74, 6) is -0.540. The van der Waals surface area contributed by atoms with Gasteiger partial charge in [0.15, 0.2) is 0 Å². The molecule has 140 valence electrons. The minimum absolute atomic E-state index is 0.00178. The number of carbonyl (C=O) groups is 1. The zero-order chi connectivity index (χ0) is 19.3. The van der Waals surface area contributed by atoms with Crippen LogP contribution >= 0.6 is 0 Å². The highest BCUT2D eigenvalue weighted by molar-refractivity contribution is 5.84. The quantitative estimate of drug-likeness (QED) is 0.502. The van der Waals surface area contributed by atoms with E-state index in [4.69, 9.17) is 0 Å². The van der Waals surface area contributed by atoms with Crippen LogP contribution in [0.25, 0.3) is 10.9 Å². The van der Waals surface area contributed by atoms with Crippen LogP contribution in [0.15, 0.2) is 85.1 Å². The molecule has 0 radical (unpaired) electrons. The highest BCUT2D eigenvalue weighted by Gasteiger charge is 2.19. The highest BCUT2D eigenvalue weighted by atomic mass is 19.1. The Morgan fingerprint density at radius 2 is 1.64 bits per heavy atom. The zero-order valence-corrected chi connectivity index (χ0v) is 15.4. The molecule has 4 aromatic rings. The van der Waals surface area contributed by atoms with E-state index in [2.05, 4.69) is 28.5 Å². The predicted octanol–water partition coefficient (Wildman–Crippen LogP) is 4.80. The van der Waals surface area contributed by atoms with E-state index in [0.29, 0.717) is 12.1 Å². The second-order valence-electron chi connectivity index (χ2n) is 6.83. The maximum absolute atomic E-state index is 13.8. The van der Waals surface area contributed by atoms with Crippen LogP contribution in [0.1, 0.15) is 22.6 Å². The largest absolute Gasteiger partial charge is 0.361 e. The van der Waals surface area contributed by atoms with Crippen molar-refractivity contribution in [1.82, 2.24) is 10.3 Å². The summed E-state index contributed by atoms with van der Waals surface area (Å²) < 4.78 is 13.8. The first-order valence-electron chi connectivity index (χ1n) is 9.33. The summed E-state index contributed by atoms with van der Waals surface area (Å²) in [7, 11) is 0. The van der Waals surface area contributed by atoms with Crippen molar-refractivity contribution in [2.45, 2.75) is 12.3 Å². The number of fused-ring (bicyclic) bond motifs is 1. The standard InChI is InChI=1S/C24H21FN2O/c25-22-12-6-4-10-18(22)14-24(28)27-15-20(17-8-2-1-3-9-17)21-16-26-23-13-7-5-11-19(21)23/h1-13,16,20,26H,14-15H2,(H,27,28)/t20-/m1/s1. The number of aromatic amines is 1. The minimum atomic E-state index is -0.353. The molecular weight excluding hydrogens is 351 g/mol. The molecule has 1 amide bonds. The van der Waals surface area contributed by atoms with Crippen LogP contribution in [0.4, 0.5) is 4.39 Å². The molecule has 1 aromatic heterocycles. The minimum Gasteiger partial charge on any atom is -0.361 e. The van der Waals surface area contributed by atoms with Gasteiger partial charge in [-0.15, -0.1) is 0 Å². The lowest BCUT2D eigenvalue weighted by Crippen LogP contribution is -2.30. The van der Waals surface area contributed by atoms with Gasteiger partial charge in [-0.05, 0) is 28.8 Å². The Kier molecular flexibility index (Phi) is 5.20. The summed E-state index contributed by atoms with van der Waals surface area (Å²) in [4.78, 5) is 15.8. The van der Waals surface area contributed by atoms with E-state index in [1.807, 2.05) is 42.6 Å². The zero-order valence-electron chi connectivity index (χ0n) is 15.4. The molecule has 0 saturated heterocycles. The van der Waals surface area contributed by atoms with Crippen molar-refractivity contribution in [3.63, 3.8) is 0 Å². The molecule has 0 unspecified atom stereocenters. The van der Waals surface area contributed by atoms with Crippen LogP contribution in [0.2, 0.25) is 0 Å². The van der Waals surface area contributed by atoms with Gasteiger partial charge in [0.05, 0.1) is 6.42 Å². The van der Waals surface area contributed by atoms with Crippen molar-refractivity contribution >= 4 is 16.8 Å². The third-order valence-corrected chi connectivity index (χ3v) is 5.01. The van der Waals surface area contributed by atoms with Crippen molar-refractivity contribution in [2.75, 3.05) is 6.54 Å². The van der Waals surface area contributed by atoms with Crippen LogP contribution in [0, 0.1) is 5.82 Å². The van der Waals surface area contributed by atoms with Gasteiger partial charge in [0.25, 0.3) is 0 Å². The monoisotopic (exact) mass is 372 g/mol. The number of amides is 1. The summed E-state index contributed by atoms with van der Waals surface area (Å²) >= 11 is 0. The maximum atomic E-state index is 13.8. The van der Waals surface area contributed by atoms with Gasteiger partial charge in [-0.25, -0.2) is 4.39 Å². The van der Waals surface area contributed by atoms with E-state index in [0.717, 1.165) is 22.0 Å². The van der Waals surface area contributed by atoms with Crippen LogP contribution < -0.4 is 5.32 Å². The molecule has 0 bridgehead atoms. The topological polar surface area (TPSA) is 44.9 Å². The number of carbonyl (C=O) groups excluding carboxylic acids is 1. The van der Waals surface area contributed by atoms with E-state index in [1.165, 1.54) is 6.07 Å². The number of benzene rings is 3. The highest BCUT2D eigenvalue weighted by Crippen LogP contribution is 2.30. The summed E-state index contributed by atoms with van der Waals surface area (Å²) in [6.45, 7) is 0.444. The van der Waals surface area contributed by atoms with Crippen LogP contribution in [-0.4, -0.2) is 17.4 Å². The molecule has 4 heteroatoms. The van der Waals surface area contributed by atoms with Gasteiger partial charge in [-0.2, -0.15) is 0 Å². The fourth-order valence-electron chi connectivity index (χ4n) is 3.57. The first kappa shape index (κ1) is 18.0. The number of halogens is 1. The van der Waals surface area contributed by atoms with Gasteiger partial charge in [-0.3, -0.25) is 4.79 Å². The smallest absolute Gasteiger partial charge is 0.224 e. The van der Waals surface area contributed by atoms with Crippen LogP contribution in [0.3, 0.4) is 0 Å². The van der Waals surface area contributed by atoms with Crippen molar-refractivity contribution < 1.29 is 9.18 Å². The van der Waals surface area contributed by atoms with Gasteiger partial charge >= 0.3 is 0 Å². The first-order chi connectivity index (χ1) is 13.7. The molecule has 4 rings (SSSR count). The number of hydrogen-bond acceptors (Lipinski definition) is 1. The number of aromatic nitrogens is 1. The van der Waals surface area contributed by atoms with Crippen LogP contribution in [0.5, 0.6) is 0 Å². The summed E-state index contributed by atoms with van der Waals surface area (Å²) in [5.41, 5.74) is 3.73. The lowest BCUT2D eigenvalue weighted by molar-refractivity contribution is -0.120. The average Bonchev–Trinajstić information content (AvgIpc) is 3.15. The molecule has 0 fully saturated rings. The molecule has 0 saturated carbocycles. The average molecular weight is 372 g/mol. The first-order valence-corrected chi connectivity index (χ1v) is 9.33. The fraction of sp³-hybridized carbons (Fsp3) is 0.125. The van der Waals surface area contributed by atoms with Crippen molar-refractivity contribution in [2.24, 2.45) is 0 Å². The molecule has 0 aliphatic rings. The molecule has 0 aliphatic heterocycles. The summed E-state index contributed by atoms with van der Waals surface area (Å²) in [5, 5.41) is 4.13. The fourth-order valence-corrected chi connectivity index (χ4v) is 3.57.